The van der Waals surface area contributed by atoms with Gasteiger partial charge in [0.15, 0.2) is 0 Å². The lowest BCUT2D eigenvalue weighted by atomic mass is 10.1. The molecule has 0 aliphatic carbocycles. The molecule has 0 heterocycles. The Hall–Kier alpha value is -1.59. The summed E-state index contributed by atoms with van der Waals surface area (Å²) in [5.41, 5.74) is 6.03. The average Bonchev–Trinajstić information content (AvgIpc) is 2.42. The van der Waals surface area contributed by atoms with E-state index in [2.05, 4.69) is 5.32 Å². The highest BCUT2D eigenvalue weighted by Gasteiger charge is 2.09. The SMILES string of the molecule is COc1cccc(C(O)CNC(=O)CCCN)c1. The molecule has 1 atom stereocenters. The third kappa shape index (κ3) is 4.73. The third-order valence-corrected chi connectivity index (χ3v) is 2.58. The number of nitrogens with one attached hydrogen (secondary N) is 1. The van der Waals surface area contributed by atoms with Gasteiger partial charge in [-0.05, 0) is 30.7 Å². The molecular formula is C13H20N2O3. The fourth-order valence-corrected chi connectivity index (χ4v) is 1.53. The number of rotatable bonds is 7. The smallest absolute Gasteiger partial charge is 0.220 e. The summed E-state index contributed by atoms with van der Waals surface area (Å²) in [4.78, 5) is 11.4. The van der Waals surface area contributed by atoms with Gasteiger partial charge in [0.1, 0.15) is 5.75 Å². The molecule has 18 heavy (non-hydrogen) atoms. The van der Waals surface area contributed by atoms with Gasteiger partial charge in [-0.3, -0.25) is 4.79 Å². The van der Waals surface area contributed by atoms with Gasteiger partial charge < -0.3 is 20.9 Å². The van der Waals surface area contributed by atoms with Crippen LogP contribution < -0.4 is 15.8 Å². The highest BCUT2D eigenvalue weighted by atomic mass is 16.5. The maximum Gasteiger partial charge on any atom is 0.220 e. The standard InChI is InChI=1S/C13H20N2O3/c1-18-11-5-2-4-10(8-11)12(16)9-15-13(17)6-3-7-14/h2,4-5,8,12,16H,3,6-7,9,14H2,1H3,(H,15,17). The van der Waals surface area contributed by atoms with Gasteiger partial charge in [0.05, 0.1) is 13.2 Å². The van der Waals surface area contributed by atoms with Gasteiger partial charge in [0, 0.05) is 13.0 Å². The van der Waals surface area contributed by atoms with Gasteiger partial charge in [-0.25, -0.2) is 0 Å². The first-order valence-electron chi connectivity index (χ1n) is 5.96. The lowest BCUT2D eigenvalue weighted by Crippen LogP contribution is -2.28. The molecule has 0 radical (unpaired) electrons. The van der Waals surface area contributed by atoms with Crippen LogP contribution in [-0.2, 0) is 4.79 Å². The number of hydrogen-bond donors (Lipinski definition) is 3. The quantitative estimate of drug-likeness (QED) is 0.663. The van der Waals surface area contributed by atoms with Crippen LogP contribution in [-0.4, -0.2) is 31.2 Å². The summed E-state index contributed by atoms with van der Waals surface area (Å²) >= 11 is 0. The van der Waals surface area contributed by atoms with Crippen molar-refractivity contribution in [2.75, 3.05) is 20.2 Å². The van der Waals surface area contributed by atoms with E-state index in [1.54, 1.807) is 31.4 Å². The summed E-state index contributed by atoms with van der Waals surface area (Å²) in [6, 6.07) is 7.14. The topological polar surface area (TPSA) is 84.6 Å². The second-order valence-electron chi connectivity index (χ2n) is 3.99. The molecule has 0 saturated carbocycles. The molecule has 4 N–H and O–H groups in total. The summed E-state index contributed by atoms with van der Waals surface area (Å²) in [6.07, 6.45) is 0.310. The number of carbonyl (C=O) groups is 1. The predicted octanol–water partition coefficient (Wildman–Crippen LogP) is 0.584. The Bertz CT molecular complexity index is 382. The molecule has 5 heteroatoms. The molecule has 0 aromatic heterocycles. The van der Waals surface area contributed by atoms with E-state index >= 15 is 0 Å². The average molecular weight is 252 g/mol. The Morgan fingerprint density at radius 2 is 2.33 bits per heavy atom. The highest BCUT2D eigenvalue weighted by molar-refractivity contribution is 5.75. The van der Waals surface area contributed by atoms with E-state index in [4.69, 9.17) is 10.5 Å². The first-order valence-corrected chi connectivity index (χ1v) is 5.96. The molecule has 1 amide bonds. The second kappa shape index (κ2) is 7.68. The Morgan fingerprint density at radius 1 is 1.56 bits per heavy atom. The molecule has 5 nitrogen and oxygen atoms in total. The molecule has 1 aromatic carbocycles. The number of ether oxygens (including phenoxy) is 1. The molecule has 0 spiro atoms. The van der Waals surface area contributed by atoms with Crippen LogP contribution >= 0.6 is 0 Å². The second-order valence-corrected chi connectivity index (χ2v) is 3.99. The van der Waals surface area contributed by atoms with Crippen LogP contribution in [0.2, 0.25) is 0 Å². The molecule has 0 bridgehead atoms. The van der Waals surface area contributed by atoms with Gasteiger partial charge in [-0.15, -0.1) is 0 Å². The van der Waals surface area contributed by atoms with Crippen molar-refractivity contribution in [3.8, 4) is 5.75 Å². The highest BCUT2D eigenvalue weighted by Crippen LogP contribution is 2.18. The Balaban J connectivity index is 2.44. The first kappa shape index (κ1) is 14.5. The van der Waals surface area contributed by atoms with Crippen molar-refractivity contribution >= 4 is 5.91 Å². The summed E-state index contributed by atoms with van der Waals surface area (Å²) < 4.78 is 5.07. The van der Waals surface area contributed by atoms with Crippen molar-refractivity contribution < 1.29 is 14.6 Å². The van der Waals surface area contributed by atoms with Crippen LogP contribution in [0.5, 0.6) is 5.75 Å². The van der Waals surface area contributed by atoms with Crippen molar-refractivity contribution in [1.29, 1.82) is 0 Å². The van der Waals surface area contributed by atoms with E-state index < -0.39 is 6.10 Å². The molecule has 0 aliphatic heterocycles. The fourth-order valence-electron chi connectivity index (χ4n) is 1.53. The molecule has 0 saturated heterocycles. The van der Waals surface area contributed by atoms with E-state index in [1.807, 2.05) is 0 Å². The fraction of sp³-hybridized carbons (Fsp3) is 0.462. The molecule has 0 fully saturated rings. The van der Waals surface area contributed by atoms with Crippen molar-refractivity contribution in [2.24, 2.45) is 5.73 Å². The van der Waals surface area contributed by atoms with Gasteiger partial charge in [0.25, 0.3) is 0 Å². The van der Waals surface area contributed by atoms with Crippen LogP contribution in [0.1, 0.15) is 24.5 Å². The maximum absolute atomic E-state index is 11.4. The first-order chi connectivity index (χ1) is 8.67. The van der Waals surface area contributed by atoms with E-state index in [-0.39, 0.29) is 12.5 Å². The lowest BCUT2D eigenvalue weighted by molar-refractivity contribution is -0.121. The number of aliphatic hydroxyl groups is 1. The number of aliphatic hydroxyl groups excluding tert-OH is 1. The number of amides is 1. The molecular weight excluding hydrogens is 232 g/mol. The summed E-state index contributed by atoms with van der Waals surface area (Å²) in [5.74, 6) is 0.586. The van der Waals surface area contributed by atoms with Gasteiger partial charge in [-0.2, -0.15) is 0 Å². The van der Waals surface area contributed by atoms with Crippen LogP contribution in [0.3, 0.4) is 0 Å². The number of nitrogens with two attached hydrogens (primary N) is 1. The van der Waals surface area contributed by atoms with Gasteiger partial charge in [0.2, 0.25) is 5.91 Å². The van der Waals surface area contributed by atoms with Crippen molar-refractivity contribution in [3.05, 3.63) is 29.8 Å². The van der Waals surface area contributed by atoms with E-state index in [1.165, 1.54) is 0 Å². The maximum atomic E-state index is 11.4. The van der Waals surface area contributed by atoms with Crippen LogP contribution in [0.25, 0.3) is 0 Å². The summed E-state index contributed by atoms with van der Waals surface area (Å²) in [5, 5.41) is 12.6. The number of benzene rings is 1. The number of methoxy groups -OCH3 is 1. The Morgan fingerprint density at radius 3 is 3.00 bits per heavy atom. The van der Waals surface area contributed by atoms with Crippen LogP contribution in [0, 0.1) is 0 Å². The van der Waals surface area contributed by atoms with E-state index in [0.29, 0.717) is 30.7 Å². The summed E-state index contributed by atoms with van der Waals surface area (Å²) in [6.45, 7) is 0.683. The molecule has 1 rings (SSSR count). The van der Waals surface area contributed by atoms with E-state index in [0.717, 1.165) is 0 Å². The minimum Gasteiger partial charge on any atom is -0.497 e. The number of hydrogen-bond acceptors (Lipinski definition) is 4. The third-order valence-electron chi connectivity index (χ3n) is 2.58. The minimum atomic E-state index is -0.734. The Kier molecular flexibility index (Phi) is 6.18. The summed E-state index contributed by atoms with van der Waals surface area (Å²) in [7, 11) is 1.57. The zero-order valence-corrected chi connectivity index (χ0v) is 10.6. The molecule has 1 unspecified atom stereocenters. The predicted molar refractivity (Wildman–Crippen MR) is 69.3 cm³/mol. The van der Waals surface area contributed by atoms with Crippen LogP contribution in [0.4, 0.5) is 0 Å². The van der Waals surface area contributed by atoms with Gasteiger partial charge >= 0.3 is 0 Å². The van der Waals surface area contributed by atoms with E-state index in [9.17, 15) is 9.90 Å². The van der Waals surface area contributed by atoms with Crippen LogP contribution in [0.15, 0.2) is 24.3 Å². The van der Waals surface area contributed by atoms with Crippen molar-refractivity contribution in [3.63, 3.8) is 0 Å². The van der Waals surface area contributed by atoms with Crippen molar-refractivity contribution in [2.45, 2.75) is 18.9 Å². The zero-order valence-electron chi connectivity index (χ0n) is 10.6. The normalized spacial score (nSPS) is 11.9. The van der Waals surface area contributed by atoms with Crippen molar-refractivity contribution in [1.82, 2.24) is 5.32 Å². The Labute approximate surface area is 107 Å². The number of carbonyl (C=O) groups excluding carboxylic acids is 1. The molecule has 100 valence electrons. The lowest BCUT2D eigenvalue weighted by Gasteiger charge is -2.13. The molecule has 0 aliphatic rings. The molecule has 1 aromatic rings. The monoisotopic (exact) mass is 252 g/mol. The zero-order chi connectivity index (χ0) is 13.4. The largest absolute Gasteiger partial charge is 0.497 e. The van der Waals surface area contributed by atoms with Gasteiger partial charge in [-0.1, -0.05) is 12.1 Å². The minimum absolute atomic E-state index is 0.0950.